The number of amides is 1. The molecule has 2 aromatic carbocycles. The number of carbonyl (C=O) groups excluding carboxylic acids is 2. The second-order valence-electron chi connectivity index (χ2n) is 7.42. The summed E-state index contributed by atoms with van der Waals surface area (Å²) in [6, 6.07) is 11.4. The summed E-state index contributed by atoms with van der Waals surface area (Å²) in [4.78, 5) is 29.3. The molecule has 0 aromatic heterocycles. The van der Waals surface area contributed by atoms with Crippen molar-refractivity contribution in [1.82, 2.24) is 9.80 Å². The maximum Gasteiger partial charge on any atom is 0.295 e. The van der Waals surface area contributed by atoms with E-state index in [0.29, 0.717) is 40.2 Å². The number of likely N-dealkylation sites (tertiary alicyclic amines) is 1. The zero-order valence-electron chi connectivity index (χ0n) is 17.9. The van der Waals surface area contributed by atoms with Gasteiger partial charge in [0, 0.05) is 18.7 Å². The number of ether oxygens (including phenoxy) is 2. The minimum atomic E-state index is -0.705. The van der Waals surface area contributed by atoms with Crippen LogP contribution in [-0.2, 0) is 9.59 Å². The van der Waals surface area contributed by atoms with Crippen molar-refractivity contribution in [3.05, 3.63) is 63.6 Å². The van der Waals surface area contributed by atoms with E-state index in [1.54, 1.807) is 56.7 Å². The third-order valence-electron chi connectivity index (χ3n) is 5.18. The molecule has 0 saturated carbocycles. The molecule has 1 amide bonds. The molecule has 2 aromatic rings. The van der Waals surface area contributed by atoms with Crippen LogP contribution in [0.5, 0.6) is 11.5 Å². The average molecular weight is 489 g/mol. The predicted octanol–water partition coefficient (Wildman–Crippen LogP) is 3.45. The third-order valence-corrected chi connectivity index (χ3v) is 5.80. The topological polar surface area (TPSA) is 79.3 Å². The van der Waals surface area contributed by atoms with E-state index in [-0.39, 0.29) is 11.3 Å². The fourth-order valence-corrected chi connectivity index (χ4v) is 4.06. The van der Waals surface area contributed by atoms with Gasteiger partial charge in [0.25, 0.3) is 11.7 Å². The van der Waals surface area contributed by atoms with Gasteiger partial charge in [-0.25, -0.2) is 0 Å². The molecule has 0 spiro atoms. The fraction of sp³-hybridized carbons (Fsp3) is 0.304. The number of aliphatic hydroxyl groups is 1. The van der Waals surface area contributed by atoms with Crippen molar-refractivity contribution in [3.8, 4) is 11.5 Å². The number of Topliss-reactive ketones (excluding diaryl/α,β-unsaturated/α-hetero) is 1. The van der Waals surface area contributed by atoms with Crippen LogP contribution in [0, 0.1) is 0 Å². The first-order valence-electron chi connectivity index (χ1n) is 9.69. The molecular formula is C23H25BrN2O5. The number of methoxy groups -OCH3 is 2. The summed E-state index contributed by atoms with van der Waals surface area (Å²) in [6.07, 6.45) is 0. The van der Waals surface area contributed by atoms with Crippen LogP contribution in [0.1, 0.15) is 17.2 Å². The first-order valence-corrected chi connectivity index (χ1v) is 10.5. The van der Waals surface area contributed by atoms with Gasteiger partial charge in [0.15, 0.2) is 0 Å². The normalized spacial score (nSPS) is 18.0. The van der Waals surface area contributed by atoms with Crippen LogP contribution in [0.15, 0.2) is 52.5 Å². The predicted molar refractivity (Wildman–Crippen MR) is 121 cm³/mol. The largest absolute Gasteiger partial charge is 0.507 e. The summed E-state index contributed by atoms with van der Waals surface area (Å²) in [5.74, 6) is -0.307. The first kappa shape index (κ1) is 22.8. The van der Waals surface area contributed by atoms with Crippen molar-refractivity contribution in [1.29, 1.82) is 0 Å². The van der Waals surface area contributed by atoms with E-state index in [0.717, 1.165) is 0 Å². The molecule has 1 fully saturated rings. The van der Waals surface area contributed by atoms with Crippen molar-refractivity contribution in [3.63, 3.8) is 0 Å². The van der Waals surface area contributed by atoms with Gasteiger partial charge in [-0.15, -0.1) is 0 Å². The molecular weight excluding hydrogens is 464 g/mol. The van der Waals surface area contributed by atoms with Gasteiger partial charge in [-0.05, 0) is 65.9 Å². The van der Waals surface area contributed by atoms with Crippen molar-refractivity contribution in [2.45, 2.75) is 6.04 Å². The van der Waals surface area contributed by atoms with Gasteiger partial charge in [0.1, 0.15) is 17.3 Å². The number of hydrogen-bond acceptors (Lipinski definition) is 6. The molecule has 3 rings (SSSR count). The number of rotatable bonds is 7. The van der Waals surface area contributed by atoms with Crippen LogP contribution in [0.25, 0.3) is 5.76 Å². The Morgan fingerprint density at radius 2 is 1.77 bits per heavy atom. The Balaban J connectivity index is 2.14. The zero-order chi connectivity index (χ0) is 22.7. The Morgan fingerprint density at radius 1 is 1.10 bits per heavy atom. The Hall–Kier alpha value is -2.84. The fourth-order valence-electron chi connectivity index (χ4n) is 3.52. The van der Waals surface area contributed by atoms with E-state index in [1.165, 1.54) is 4.90 Å². The standard InChI is InChI=1S/C23H25BrN2O5/c1-25(2)11-12-26-20(14-5-8-16(30-3)9-6-14)19(22(28)23(26)29)21(27)15-7-10-18(31-4)17(24)13-15/h5-10,13,20,27H,11-12H2,1-4H3/b21-19-. The molecule has 164 valence electrons. The number of ketones is 1. The first-order chi connectivity index (χ1) is 14.8. The van der Waals surface area contributed by atoms with Crippen LogP contribution in [0.2, 0.25) is 0 Å². The Bertz CT molecular complexity index is 1020. The maximum atomic E-state index is 13.0. The second kappa shape index (κ2) is 9.53. The minimum Gasteiger partial charge on any atom is -0.507 e. The number of halogens is 1. The third kappa shape index (κ3) is 4.60. The minimum absolute atomic E-state index is 0.0611. The molecule has 1 saturated heterocycles. The highest BCUT2D eigenvalue weighted by Gasteiger charge is 2.45. The smallest absolute Gasteiger partial charge is 0.295 e. The lowest BCUT2D eigenvalue weighted by molar-refractivity contribution is -0.140. The molecule has 1 aliphatic rings. The summed E-state index contributed by atoms with van der Waals surface area (Å²) in [5, 5.41) is 11.1. The molecule has 1 atom stereocenters. The molecule has 1 N–H and O–H groups in total. The molecule has 31 heavy (non-hydrogen) atoms. The summed E-state index contributed by atoms with van der Waals surface area (Å²) < 4.78 is 11.1. The average Bonchev–Trinajstić information content (AvgIpc) is 3.01. The van der Waals surface area contributed by atoms with E-state index >= 15 is 0 Å². The number of benzene rings is 2. The number of nitrogens with zero attached hydrogens (tertiary/aromatic N) is 2. The maximum absolute atomic E-state index is 13.0. The monoisotopic (exact) mass is 488 g/mol. The molecule has 1 unspecified atom stereocenters. The number of likely N-dealkylation sites (N-methyl/N-ethyl adjacent to an activating group) is 1. The zero-order valence-corrected chi connectivity index (χ0v) is 19.5. The van der Waals surface area contributed by atoms with E-state index in [1.807, 2.05) is 19.0 Å². The molecule has 7 nitrogen and oxygen atoms in total. The molecule has 1 heterocycles. The van der Waals surface area contributed by atoms with Crippen LogP contribution >= 0.6 is 15.9 Å². The van der Waals surface area contributed by atoms with Gasteiger partial charge in [-0.3, -0.25) is 9.59 Å². The van der Waals surface area contributed by atoms with Gasteiger partial charge in [0.2, 0.25) is 0 Å². The molecule has 1 aliphatic heterocycles. The quantitative estimate of drug-likeness (QED) is 0.365. The summed E-state index contributed by atoms with van der Waals surface area (Å²) >= 11 is 3.40. The van der Waals surface area contributed by atoms with Crippen molar-refractivity contribution in [2.75, 3.05) is 41.4 Å². The summed E-state index contributed by atoms with van der Waals surface area (Å²) in [5.41, 5.74) is 1.19. The lowest BCUT2D eigenvalue weighted by atomic mass is 9.95. The Morgan fingerprint density at radius 3 is 2.32 bits per heavy atom. The number of carbonyl (C=O) groups is 2. The highest BCUT2D eigenvalue weighted by atomic mass is 79.9. The summed E-state index contributed by atoms with van der Waals surface area (Å²) in [6.45, 7) is 0.922. The van der Waals surface area contributed by atoms with Crippen molar-refractivity contribution < 1.29 is 24.2 Å². The van der Waals surface area contributed by atoms with Crippen LogP contribution in [0.4, 0.5) is 0 Å². The van der Waals surface area contributed by atoms with E-state index in [4.69, 9.17) is 9.47 Å². The number of aliphatic hydroxyl groups excluding tert-OH is 1. The Kier molecular flexibility index (Phi) is 7.02. The van der Waals surface area contributed by atoms with E-state index < -0.39 is 17.7 Å². The molecule has 0 aliphatic carbocycles. The molecule has 0 bridgehead atoms. The van der Waals surface area contributed by atoms with Gasteiger partial charge < -0.3 is 24.4 Å². The van der Waals surface area contributed by atoms with Crippen LogP contribution in [0.3, 0.4) is 0 Å². The Labute approximate surface area is 190 Å². The SMILES string of the molecule is COc1ccc(C2/C(=C(/O)c3ccc(OC)c(Br)c3)C(=O)C(=O)N2CCN(C)C)cc1. The lowest BCUT2D eigenvalue weighted by Crippen LogP contribution is -2.35. The molecule has 0 radical (unpaired) electrons. The van der Waals surface area contributed by atoms with E-state index in [2.05, 4.69) is 15.9 Å². The van der Waals surface area contributed by atoms with Crippen molar-refractivity contribution in [2.24, 2.45) is 0 Å². The van der Waals surface area contributed by atoms with Gasteiger partial charge in [-0.2, -0.15) is 0 Å². The number of hydrogen-bond donors (Lipinski definition) is 1. The van der Waals surface area contributed by atoms with Gasteiger partial charge in [-0.1, -0.05) is 12.1 Å². The van der Waals surface area contributed by atoms with Crippen molar-refractivity contribution >= 4 is 33.4 Å². The second-order valence-corrected chi connectivity index (χ2v) is 8.27. The van der Waals surface area contributed by atoms with Gasteiger partial charge in [0.05, 0.1) is 30.3 Å². The summed E-state index contributed by atoms with van der Waals surface area (Å²) in [7, 11) is 6.90. The highest BCUT2D eigenvalue weighted by Crippen LogP contribution is 2.40. The van der Waals surface area contributed by atoms with Crippen LogP contribution < -0.4 is 9.47 Å². The molecule has 8 heteroatoms. The van der Waals surface area contributed by atoms with E-state index in [9.17, 15) is 14.7 Å². The lowest BCUT2D eigenvalue weighted by Gasteiger charge is -2.26. The van der Waals surface area contributed by atoms with Gasteiger partial charge >= 0.3 is 0 Å². The van der Waals surface area contributed by atoms with Crippen LogP contribution in [-0.4, -0.2) is 68.0 Å². The highest BCUT2D eigenvalue weighted by molar-refractivity contribution is 9.10.